The summed E-state index contributed by atoms with van der Waals surface area (Å²) < 4.78 is 47.2. The molecule has 1 aliphatic heterocycles. The fourth-order valence-electron chi connectivity index (χ4n) is 7.96. The molecule has 64 heavy (non-hydrogen) atoms. The van der Waals surface area contributed by atoms with Crippen LogP contribution in [0.15, 0.2) is 61.2 Å². The molecule has 16 nitrogen and oxygen atoms in total. The fourth-order valence-corrected chi connectivity index (χ4v) is 11.3. The second-order valence-corrected chi connectivity index (χ2v) is 21.9. The average molecular weight is 930 g/mol. The molecule has 3 amide bonds. The third kappa shape index (κ3) is 8.89. The van der Waals surface area contributed by atoms with E-state index in [1.807, 2.05) is 83.1 Å². The lowest BCUT2D eigenvalue weighted by atomic mass is 9.85. The first-order valence-electron chi connectivity index (χ1n) is 21.1. The molecule has 2 saturated carbocycles. The maximum absolute atomic E-state index is 15.1. The molecule has 338 valence electrons. The number of carbonyl (C=O) groups is 4. The van der Waals surface area contributed by atoms with Crippen molar-refractivity contribution in [3.05, 3.63) is 71.8 Å². The number of aryl methyl sites for hydroxylation is 1. The minimum atomic E-state index is -3.94. The van der Waals surface area contributed by atoms with Gasteiger partial charge < -0.3 is 29.7 Å². The van der Waals surface area contributed by atoms with Gasteiger partial charge in [-0.2, -0.15) is 4.98 Å². The molecule has 3 N–H and O–H groups in total. The van der Waals surface area contributed by atoms with Gasteiger partial charge in [0.25, 0.3) is 5.91 Å². The molecule has 1 saturated heterocycles. The van der Waals surface area contributed by atoms with Crippen molar-refractivity contribution in [3.63, 3.8) is 0 Å². The number of hydrogen-bond donors (Lipinski definition) is 3. The first kappa shape index (κ1) is 44.9. The standard InChI is InChI=1S/C45H51N7O9S3/c1-9-26-21-45(26,42(56)51-64(57,58)29-18-19-29)50-38(53)31-20-28(22-52(31)40(54)36(44(5,6)7)48-43-46-24(4)34(63-43)41(55)59-8)61-39-35-33(30-12-10-11-13-32(30)62-35)47-37(49-39)25-14-16-27(17-15-25)60-23(2)3/h9-17,23,26,28-29,31,36H,1,18-22H2,2-8H3,(H,46,48)(H,50,53)(H,51,56)/t26-,28-,31+,36-,45-/m1/s1. The van der Waals surface area contributed by atoms with Crippen molar-refractivity contribution in [2.75, 3.05) is 19.0 Å². The van der Waals surface area contributed by atoms with Crippen LogP contribution in [0.1, 0.15) is 75.7 Å². The van der Waals surface area contributed by atoms with Gasteiger partial charge in [-0.15, -0.1) is 17.9 Å². The van der Waals surface area contributed by atoms with E-state index in [4.69, 9.17) is 24.2 Å². The quantitative estimate of drug-likeness (QED) is 0.0769. The van der Waals surface area contributed by atoms with Crippen molar-refractivity contribution in [1.82, 2.24) is 29.9 Å². The molecule has 5 aromatic rings. The number of hydrogen-bond acceptors (Lipinski definition) is 15. The molecule has 3 fully saturated rings. The van der Waals surface area contributed by atoms with Crippen molar-refractivity contribution in [2.45, 2.75) is 102 Å². The zero-order valence-corrected chi connectivity index (χ0v) is 39.0. The Kier molecular flexibility index (Phi) is 12.0. The van der Waals surface area contributed by atoms with Gasteiger partial charge in [-0.25, -0.2) is 23.2 Å². The molecule has 0 unspecified atom stereocenters. The summed E-state index contributed by atoms with van der Waals surface area (Å²) in [4.78, 5) is 72.2. The third-order valence-electron chi connectivity index (χ3n) is 11.6. The number of anilines is 1. The number of methoxy groups -OCH3 is 1. The number of fused-ring (bicyclic) bond motifs is 3. The first-order valence-corrected chi connectivity index (χ1v) is 24.3. The summed E-state index contributed by atoms with van der Waals surface area (Å²) >= 11 is 2.52. The largest absolute Gasteiger partial charge is 0.491 e. The molecule has 0 spiro atoms. The summed E-state index contributed by atoms with van der Waals surface area (Å²) in [7, 11) is -2.66. The minimum absolute atomic E-state index is 0.00107. The van der Waals surface area contributed by atoms with Crippen molar-refractivity contribution in [3.8, 4) is 23.0 Å². The Hall–Kier alpha value is -5.66. The van der Waals surface area contributed by atoms with E-state index < -0.39 is 74.0 Å². The number of thiophene rings is 1. The normalized spacial score (nSPS) is 21.4. The van der Waals surface area contributed by atoms with Gasteiger partial charge in [0.1, 0.15) is 39.1 Å². The number of sulfonamides is 1. The van der Waals surface area contributed by atoms with Crippen LogP contribution in [0.3, 0.4) is 0 Å². The number of esters is 1. The van der Waals surface area contributed by atoms with Crippen molar-refractivity contribution < 1.29 is 41.8 Å². The van der Waals surface area contributed by atoms with Crippen LogP contribution in [0.25, 0.3) is 31.7 Å². The predicted molar refractivity (Wildman–Crippen MR) is 245 cm³/mol. The molecule has 4 heterocycles. The molecule has 2 aliphatic carbocycles. The fraction of sp³-hybridized carbons (Fsp3) is 0.444. The molecule has 19 heteroatoms. The molecule has 8 rings (SSSR count). The zero-order valence-electron chi connectivity index (χ0n) is 36.6. The van der Waals surface area contributed by atoms with Crippen molar-refractivity contribution in [2.24, 2.45) is 11.3 Å². The smallest absolute Gasteiger partial charge is 0.350 e. The van der Waals surface area contributed by atoms with Crippen molar-refractivity contribution in [1.29, 1.82) is 0 Å². The number of aromatic nitrogens is 3. The maximum atomic E-state index is 15.1. The lowest BCUT2D eigenvalue weighted by molar-refractivity contribution is -0.141. The van der Waals surface area contributed by atoms with Gasteiger partial charge in [-0.3, -0.25) is 19.1 Å². The number of nitrogens with zero attached hydrogens (tertiary/aromatic N) is 4. The van der Waals surface area contributed by atoms with Gasteiger partial charge in [0.15, 0.2) is 11.0 Å². The van der Waals surface area contributed by atoms with Gasteiger partial charge in [0.05, 0.1) is 36.2 Å². The summed E-state index contributed by atoms with van der Waals surface area (Å²) in [6.45, 7) is 14.9. The molecule has 0 radical (unpaired) electrons. The van der Waals surface area contributed by atoms with E-state index in [9.17, 15) is 22.8 Å². The van der Waals surface area contributed by atoms with E-state index in [1.54, 1.807) is 6.92 Å². The Morgan fingerprint density at radius 3 is 2.38 bits per heavy atom. The van der Waals surface area contributed by atoms with E-state index in [0.29, 0.717) is 45.5 Å². The van der Waals surface area contributed by atoms with E-state index in [2.05, 4.69) is 26.9 Å². The highest BCUT2D eigenvalue weighted by Gasteiger charge is 2.62. The summed E-state index contributed by atoms with van der Waals surface area (Å²) in [5, 5.41) is 6.66. The number of amides is 3. The number of ether oxygens (including phenoxy) is 3. The van der Waals surface area contributed by atoms with Gasteiger partial charge >= 0.3 is 5.97 Å². The lowest BCUT2D eigenvalue weighted by Crippen LogP contribution is -2.58. The molecule has 5 atom stereocenters. The van der Waals surface area contributed by atoms with Gasteiger partial charge in [0.2, 0.25) is 27.7 Å². The highest BCUT2D eigenvalue weighted by atomic mass is 32.2. The van der Waals surface area contributed by atoms with Gasteiger partial charge in [0, 0.05) is 28.0 Å². The minimum Gasteiger partial charge on any atom is -0.491 e. The molecule has 3 aliphatic rings. The number of rotatable bonds is 15. The van der Waals surface area contributed by atoms with Crippen molar-refractivity contribution >= 4 is 81.8 Å². The Labute approximate surface area is 379 Å². The summed E-state index contributed by atoms with van der Waals surface area (Å²) in [5.74, 6) is -1.69. The van der Waals surface area contributed by atoms with Crippen LogP contribution >= 0.6 is 22.7 Å². The van der Waals surface area contributed by atoms with Crippen LogP contribution in [0.5, 0.6) is 11.6 Å². The summed E-state index contributed by atoms with van der Waals surface area (Å²) in [6, 6.07) is 13.2. The third-order valence-corrected chi connectivity index (χ3v) is 15.6. The van der Waals surface area contributed by atoms with Crippen LogP contribution in [-0.4, -0.2) is 101 Å². The Morgan fingerprint density at radius 2 is 1.73 bits per heavy atom. The number of likely N-dealkylation sites (tertiary alicyclic amines) is 1. The monoisotopic (exact) mass is 929 g/mol. The van der Waals surface area contributed by atoms with Crippen LogP contribution in [0.2, 0.25) is 0 Å². The molecular formula is C45H51N7O9S3. The number of nitrogens with one attached hydrogen (secondary N) is 3. The SMILES string of the molecule is C=C[C@@H]1C[C@]1(NC(=O)[C@@H]1C[C@@H](Oc2nc(-c3ccc(OC(C)C)cc3)nc3c2sc2ccccc23)CN1C(=O)[C@@H](Nc1nc(C)c(C(=O)OC)s1)C(C)(C)C)C(=O)NS(=O)(=O)C1CC1. The van der Waals surface area contributed by atoms with Gasteiger partial charge in [-0.05, 0) is 75.8 Å². The van der Waals surface area contributed by atoms with Crippen LogP contribution < -0.4 is 24.8 Å². The zero-order chi connectivity index (χ0) is 45.9. The highest BCUT2D eigenvalue weighted by Crippen LogP contribution is 2.46. The Bertz CT molecular complexity index is 2780. The second-order valence-electron chi connectivity index (χ2n) is 17.9. The number of benzene rings is 2. The molecular weight excluding hydrogens is 879 g/mol. The van der Waals surface area contributed by atoms with E-state index >= 15 is 4.79 Å². The van der Waals surface area contributed by atoms with E-state index in [-0.39, 0.29) is 36.2 Å². The first-order chi connectivity index (χ1) is 30.3. The number of carbonyl (C=O) groups excluding carboxylic acids is 4. The van der Waals surface area contributed by atoms with Gasteiger partial charge in [-0.1, -0.05) is 56.4 Å². The van der Waals surface area contributed by atoms with E-state index in [1.165, 1.54) is 29.4 Å². The van der Waals surface area contributed by atoms with Crippen LogP contribution in [0, 0.1) is 18.3 Å². The molecule has 3 aromatic heterocycles. The van der Waals surface area contributed by atoms with Crippen LogP contribution in [0.4, 0.5) is 5.13 Å². The Balaban J connectivity index is 1.15. The maximum Gasteiger partial charge on any atom is 0.350 e. The van der Waals surface area contributed by atoms with E-state index in [0.717, 1.165) is 27.0 Å². The average Bonchev–Trinajstić information content (AvgIpc) is 4.11. The molecule has 0 bridgehead atoms. The topological polar surface area (TPSA) is 208 Å². The molecule has 2 aromatic carbocycles. The summed E-state index contributed by atoms with van der Waals surface area (Å²) in [6.07, 6.45) is 1.75. The second kappa shape index (κ2) is 17.0. The lowest BCUT2D eigenvalue weighted by Gasteiger charge is -2.35. The highest BCUT2D eigenvalue weighted by molar-refractivity contribution is 7.91. The summed E-state index contributed by atoms with van der Waals surface area (Å²) in [5.41, 5.74) is -0.510. The predicted octanol–water partition coefficient (Wildman–Crippen LogP) is 6.39. The van der Waals surface area contributed by atoms with Crippen LogP contribution in [-0.2, 0) is 29.1 Å². The number of thiazole rings is 1. The Morgan fingerprint density at radius 1 is 1.02 bits per heavy atom.